The van der Waals surface area contributed by atoms with Gasteiger partial charge in [0.05, 0.1) is 17.1 Å². The number of hydrogen-bond acceptors (Lipinski definition) is 4. The van der Waals surface area contributed by atoms with Gasteiger partial charge in [-0.2, -0.15) is 5.10 Å². The van der Waals surface area contributed by atoms with E-state index in [1.807, 2.05) is 34.9 Å². The molecule has 0 aromatic carbocycles. The van der Waals surface area contributed by atoms with E-state index in [2.05, 4.69) is 10.4 Å². The number of carbonyl (C=O) groups excluding carboxylic acids is 1. The number of carbonyl (C=O) groups is 1. The lowest BCUT2D eigenvalue weighted by molar-refractivity contribution is -0.118. The van der Waals surface area contributed by atoms with E-state index in [1.165, 1.54) is 6.07 Å². The van der Waals surface area contributed by atoms with E-state index in [9.17, 15) is 9.59 Å². The van der Waals surface area contributed by atoms with Crippen LogP contribution in [0.2, 0.25) is 0 Å². The van der Waals surface area contributed by atoms with Crippen LogP contribution in [0.25, 0.3) is 0 Å². The van der Waals surface area contributed by atoms with Crippen molar-refractivity contribution in [2.24, 2.45) is 14.1 Å². The Hall–Kier alpha value is -2.57. The highest BCUT2D eigenvalue weighted by molar-refractivity contribution is 5.93. The van der Waals surface area contributed by atoms with Crippen LogP contribution < -0.4 is 15.5 Å². The van der Waals surface area contributed by atoms with Gasteiger partial charge in [0.2, 0.25) is 5.43 Å². The molecule has 0 saturated heterocycles. The second-order valence-corrected chi connectivity index (χ2v) is 5.26. The molecule has 0 radical (unpaired) electrons. The molecule has 7 nitrogen and oxygen atoms in total. The van der Waals surface area contributed by atoms with Crippen LogP contribution in [-0.4, -0.2) is 26.9 Å². The molecule has 2 aromatic heterocycles. The summed E-state index contributed by atoms with van der Waals surface area (Å²) in [4.78, 5) is 23.8. The highest BCUT2D eigenvalue weighted by atomic mass is 16.5. The van der Waals surface area contributed by atoms with Gasteiger partial charge in [-0.1, -0.05) is 0 Å². The molecule has 7 heteroatoms. The van der Waals surface area contributed by atoms with Gasteiger partial charge in [0.25, 0.3) is 5.91 Å². The van der Waals surface area contributed by atoms with Crippen LogP contribution in [0.4, 0.5) is 5.69 Å². The molecule has 2 aromatic rings. The maximum Gasteiger partial charge on any atom is 0.262 e. The molecule has 0 saturated carbocycles. The van der Waals surface area contributed by atoms with Crippen LogP contribution in [0.15, 0.2) is 17.1 Å². The molecule has 0 atom stereocenters. The van der Waals surface area contributed by atoms with E-state index < -0.39 is 0 Å². The van der Waals surface area contributed by atoms with E-state index in [-0.39, 0.29) is 23.7 Å². The summed E-state index contributed by atoms with van der Waals surface area (Å²) < 4.78 is 8.78. The first-order valence-corrected chi connectivity index (χ1v) is 6.89. The predicted molar refractivity (Wildman–Crippen MR) is 83.2 cm³/mol. The molecule has 118 valence electrons. The molecule has 0 aliphatic rings. The molecule has 0 bridgehead atoms. The third-order valence-electron chi connectivity index (χ3n) is 3.58. The van der Waals surface area contributed by atoms with E-state index in [1.54, 1.807) is 15.4 Å². The van der Waals surface area contributed by atoms with Gasteiger partial charge in [0, 0.05) is 32.1 Å². The van der Waals surface area contributed by atoms with Crippen molar-refractivity contribution in [2.45, 2.75) is 20.8 Å². The second-order valence-electron chi connectivity index (χ2n) is 5.26. The Kier molecular flexibility index (Phi) is 4.35. The molecule has 0 fully saturated rings. The smallest absolute Gasteiger partial charge is 0.262 e. The molecule has 1 amide bonds. The van der Waals surface area contributed by atoms with Gasteiger partial charge in [-0.25, -0.2) is 0 Å². The van der Waals surface area contributed by atoms with Crippen molar-refractivity contribution in [3.8, 4) is 5.75 Å². The Morgan fingerprint density at radius 1 is 1.32 bits per heavy atom. The zero-order valence-corrected chi connectivity index (χ0v) is 13.4. The molecular formula is C15H20N4O3. The maximum atomic E-state index is 12.0. The van der Waals surface area contributed by atoms with E-state index >= 15 is 0 Å². The Balaban J connectivity index is 2.05. The number of ether oxygens (including phenoxy) is 1. The van der Waals surface area contributed by atoms with Crippen LogP contribution in [-0.2, 0) is 18.9 Å². The van der Waals surface area contributed by atoms with E-state index in [4.69, 9.17) is 4.74 Å². The molecule has 0 spiro atoms. The van der Waals surface area contributed by atoms with Gasteiger partial charge in [-0.05, 0) is 20.8 Å². The van der Waals surface area contributed by atoms with Crippen molar-refractivity contribution >= 4 is 11.6 Å². The fourth-order valence-electron chi connectivity index (χ4n) is 2.09. The lowest BCUT2D eigenvalue weighted by Gasteiger charge is -2.09. The molecule has 0 aliphatic carbocycles. The molecule has 2 heterocycles. The lowest BCUT2D eigenvalue weighted by atomic mass is 10.3. The van der Waals surface area contributed by atoms with Gasteiger partial charge in [-0.15, -0.1) is 0 Å². The average Bonchev–Trinajstić information content (AvgIpc) is 2.68. The standard InChI is InChI=1S/C15H20N4O3/c1-9-6-12(20)13(7-18(9)4)22-8-14(21)16-15-10(2)17-19(5)11(15)3/h6-7H,8H2,1-5H3,(H,16,21). The maximum absolute atomic E-state index is 12.0. The summed E-state index contributed by atoms with van der Waals surface area (Å²) in [7, 11) is 3.62. The molecular weight excluding hydrogens is 284 g/mol. The Bertz CT molecular complexity index is 774. The Labute approximate surface area is 128 Å². The summed E-state index contributed by atoms with van der Waals surface area (Å²) in [5, 5.41) is 6.98. The van der Waals surface area contributed by atoms with Crippen molar-refractivity contribution in [2.75, 3.05) is 11.9 Å². The monoisotopic (exact) mass is 304 g/mol. The second kappa shape index (κ2) is 6.05. The minimum atomic E-state index is -0.332. The largest absolute Gasteiger partial charge is 0.478 e. The van der Waals surface area contributed by atoms with Crippen molar-refractivity contribution in [1.29, 1.82) is 0 Å². The van der Waals surface area contributed by atoms with Gasteiger partial charge >= 0.3 is 0 Å². The van der Waals surface area contributed by atoms with Crippen LogP contribution in [0.3, 0.4) is 0 Å². The zero-order valence-electron chi connectivity index (χ0n) is 13.4. The summed E-state index contributed by atoms with van der Waals surface area (Å²) in [6, 6.07) is 1.47. The quantitative estimate of drug-likeness (QED) is 0.916. The number of nitrogens with zero attached hydrogens (tertiary/aromatic N) is 3. The first kappa shape index (κ1) is 15.8. The van der Waals surface area contributed by atoms with Gasteiger partial charge in [-0.3, -0.25) is 14.3 Å². The third kappa shape index (κ3) is 3.19. The van der Waals surface area contributed by atoms with Crippen molar-refractivity contribution in [3.63, 3.8) is 0 Å². The van der Waals surface area contributed by atoms with Crippen LogP contribution in [0.1, 0.15) is 17.1 Å². The normalized spacial score (nSPS) is 10.6. The SMILES string of the molecule is Cc1nn(C)c(C)c1NC(=O)COc1cn(C)c(C)cc1=O. The van der Waals surface area contributed by atoms with Gasteiger partial charge < -0.3 is 14.6 Å². The number of hydrogen-bond donors (Lipinski definition) is 1. The minimum Gasteiger partial charge on any atom is -0.478 e. The third-order valence-corrected chi connectivity index (χ3v) is 3.58. The van der Waals surface area contributed by atoms with E-state index in [0.29, 0.717) is 5.69 Å². The number of aromatic nitrogens is 3. The van der Waals surface area contributed by atoms with Gasteiger partial charge in [0.1, 0.15) is 0 Å². The Morgan fingerprint density at radius 2 is 2.00 bits per heavy atom. The first-order valence-electron chi connectivity index (χ1n) is 6.89. The molecule has 1 N–H and O–H groups in total. The highest BCUT2D eigenvalue weighted by Gasteiger charge is 2.13. The number of aryl methyl sites for hydroxylation is 4. The van der Waals surface area contributed by atoms with Gasteiger partial charge in [0.15, 0.2) is 12.4 Å². The molecule has 0 unspecified atom stereocenters. The fraction of sp³-hybridized carbons (Fsp3) is 0.400. The van der Waals surface area contributed by atoms with Crippen molar-refractivity contribution in [3.05, 3.63) is 39.6 Å². The molecule has 2 rings (SSSR count). The molecule has 22 heavy (non-hydrogen) atoms. The lowest BCUT2D eigenvalue weighted by Crippen LogP contribution is -2.23. The van der Waals surface area contributed by atoms with Crippen molar-refractivity contribution in [1.82, 2.24) is 14.3 Å². The molecule has 0 aliphatic heterocycles. The number of pyridine rings is 1. The predicted octanol–water partition coefficient (Wildman–Crippen LogP) is 1.06. The number of amides is 1. The Morgan fingerprint density at radius 3 is 2.59 bits per heavy atom. The number of nitrogens with one attached hydrogen (secondary N) is 1. The van der Waals surface area contributed by atoms with Crippen molar-refractivity contribution < 1.29 is 9.53 Å². The van der Waals surface area contributed by atoms with Crippen LogP contribution in [0, 0.1) is 20.8 Å². The zero-order chi connectivity index (χ0) is 16.4. The topological polar surface area (TPSA) is 78.2 Å². The number of rotatable bonds is 4. The summed E-state index contributed by atoms with van der Waals surface area (Å²) in [5.41, 5.74) is 2.85. The summed E-state index contributed by atoms with van der Waals surface area (Å²) in [6.07, 6.45) is 1.57. The highest BCUT2D eigenvalue weighted by Crippen LogP contribution is 2.18. The summed E-state index contributed by atoms with van der Waals surface area (Å²) in [6.45, 7) is 5.28. The number of anilines is 1. The average molecular weight is 304 g/mol. The fourth-order valence-corrected chi connectivity index (χ4v) is 2.09. The first-order chi connectivity index (χ1) is 10.3. The minimum absolute atomic E-state index is 0.155. The van der Waals surface area contributed by atoms with Crippen LogP contribution >= 0.6 is 0 Å². The summed E-state index contributed by atoms with van der Waals surface area (Å²) in [5.74, 6) is -0.176. The van der Waals surface area contributed by atoms with Crippen LogP contribution in [0.5, 0.6) is 5.75 Å². The van der Waals surface area contributed by atoms with E-state index in [0.717, 1.165) is 17.1 Å². The summed E-state index contributed by atoms with van der Waals surface area (Å²) >= 11 is 0.